The van der Waals surface area contributed by atoms with Crippen molar-refractivity contribution in [2.45, 2.75) is 45.5 Å². The van der Waals surface area contributed by atoms with Crippen LogP contribution in [0.25, 0.3) is 45.3 Å². The molecular weight excluding hydrogens is 1340 g/mol. The molecule has 0 saturated heterocycles. The van der Waals surface area contributed by atoms with Crippen molar-refractivity contribution in [3.05, 3.63) is 188 Å². The molecule has 26 nitrogen and oxygen atoms in total. The Balaban J connectivity index is 0.613. The molecule has 0 aliphatic heterocycles. The lowest BCUT2D eigenvalue weighted by atomic mass is 9.96. The summed E-state index contributed by atoms with van der Waals surface area (Å²) < 4.78 is 122. The molecule has 32 heteroatoms. The van der Waals surface area contributed by atoms with Crippen molar-refractivity contribution in [1.82, 2.24) is 60.6 Å². The third-order valence-corrected chi connectivity index (χ3v) is 15.7. The third kappa shape index (κ3) is 21.9. The second kappa shape index (κ2) is 38.2. The molecule has 1 aliphatic rings. The van der Waals surface area contributed by atoms with E-state index in [2.05, 4.69) is 48.2 Å². The maximum atomic E-state index is 14.0. The Morgan fingerprint density at radius 1 is 0.510 bits per heavy atom. The molecule has 540 valence electrons. The van der Waals surface area contributed by atoms with Crippen LogP contribution in [0.1, 0.15) is 68.1 Å². The first-order valence-corrected chi connectivity index (χ1v) is 32.5. The molecular formula is C70H76F6N14O12. The van der Waals surface area contributed by atoms with Gasteiger partial charge in [-0.05, 0) is 124 Å². The number of allylic oxidation sites excluding steroid dienone is 4. The van der Waals surface area contributed by atoms with Gasteiger partial charge in [0.2, 0.25) is 0 Å². The zero-order chi connectivity index (χ0) is 73.0. The Morgan fingerprint density at radius 3 is 1.33 bits per heavy atom. The molecule has 0 bridgehead atoms. The SMILES string of the molecule is Cc1c(-c2ccnn2-c2ccc(C#N)cc2)cc(C(=O)NCCOCCOCCOCCNC(=O)NCCCCNC(=O)NCCOCCOCCOCCNC(=O)c2cc(-c3ccnn3-c3ccc(C#N)cc3)c(C)n(-c3cccc(C(F)(F)F)c3)c2=O)c(=O)n1C1=CC=CC(C(F)(F)F)C1. The first-order chi connectivity index (χ1) is 49.2. The fraction of sp³-hybridized carbons (Fsp3) is 0.371. The lowest BCUT2D eigenvalue weighted by Crippen LogP contribution is -2.39. The summed E-state index contributed by atoms with van der Waals surface area (Å²) in [5, 5.41) is 43.5. The molecule has 8 rings (SSSR count). The van der Waals surface area contributed by atoms with Crippen LogP contribution in [0.4, 0.5) is 35.9 Å². The number of unbranched alkanes of at least 4 members (excludes halogenated alkanes) is 1. The molecule has 3 aromatic carbocycles. The highest BCUT2D eigenvalue weighted by atomic mass is 19.4. The Hall–Kier alpha value is -10.7. The number of aromatic nitrogens is 6. The van der Waals surface area contributed by atoms with Crippen LogP contribution in [0.15, 0.2) is 137 Å². The number of carbonyl (C=O) groups excluding carboxylic acids is 4. The standard InChI is InChI=1S/C70H76F6N14O12/c1-47-57(61-19-23-85-89(61)53-15-11-49(45-77)12-16-53)43-59(65(93)87(47)55-9-5-7-51(41-55)69(71,72)73)63(91)79-25-29-97-33-37-101-39-35-99-31-27-83-67(95)81-21-3-4-22-82-68(96)84-28-32-100-36-40-102-38-34-98-30-26-80-64(92)60-44-58(62-20-24-86-90(62)54-17-13-50(46-78)14-18-54)48(2)88(66(60)94)56-10-6-8-52(42-56)70(74,75)76/h5-20,23-24,41,43-44,52H,3-4,21-22,25-40,42H2,1-2H3,(H,79,91)(H,80,92)(H2,81,83,95)(H2,82,84,96). The van der Waals surface area contributed by atoms with E-state index in [9.17, 15) is 65.6 Å². The monoisotopic (exact) mass is 1420 g/mol. The molecule has 6 amide bonds. The van der Waals surface area contributed by atoms with Crippen molar-refractivity contribution < 1.29 is 73.9 Å². The minimum Gasteiger partial charge on any atom is -0.377 e. The van der Waals surface area contributed by atoms with Crippen LogP contribution >= 0.6 is 0 Å². The van der Waals surface area contributed by atoms with Gasteiger partial charge < -0.3 is 60.3 Å². The second-order valence-corrected chi connectivity index (χ2v) is 22.7. The molecule has 102 heavy (non-hydrogen) atoms. The molecule has 0 fully saturated rings. The number of nitriles is 2. The van der Waals surface area contributed by atoms with E-state index in [-0.39, 0.29) is 151 Å². The van der Waals surface area contributed by atoms with Crippen LogP contribution in [0.3, 0.4) is 0 Å². The molecule has 0 radical (unpaired) electrons. The first-order valence-electron chi connectivity index (χ1n) is 32.5. The number of carbonyl (C=O) groups is 4. The van der Waals surface area contributed by atoms with Crippen molar-refractivity contribution in [3.63, 3.8) is 0 Å². The smallest absolute Gasteiger partial charge is 0.377 e. The Kier molecular flexibility index (Phi) is 28.8. The molecule has 1 aliphatic carbocycles. The number of benzene rings is 3. The predicted octanol–water partition coefficient (Wildman–Crippen LogP) is 7.70. The van der Waals surface area contributed by atoms with E-state index in [0.717, 1.165) is 27.3 Å². The fourth-order valence-electron chi connectivity index (χ4n) is 10.6. The van der Waals surface area contributed by atoms with Crippen LogP contribution in [0.5, 0.6) is 0 Å². The zero-order valence-corrected chi connectivity index (χ0v) is 55.8. The van der Waals surface area contributed by atoms with E-state index in [1.165, 1.54) is 58.2 Å². The quantitative estimate of drug-likeness (QED) is 0.0160. The maximum Gasteiger partial charge on any atom is 0.416 e. The zero-order valence-electron chi connectivity index (χ0n) is 55.8. The van der Waals surface area contributed by atoms with E-state index in [1.807, 2.05) is 6.07 Å². The molecule has 0 spiro atoms. The third-order valence-electron chi connectivity index (χ3n) is 15.7. The highest BCUT2D eigenvalue weighted by Gasteiger charge is 2.40. The van der Waals surface area contributed by atoms with E-state index in [4.69, 9.17) is 28.4 Å². The topological polar surface area (TPSA) is 323 Å². The van der Waals surface area contributed by atoms with Crippen molar-refractivity contribution in [1.29, 1.82) is 10.5 Å². The number of halogens is 6. The van der Waals surface area contributed by atoms with Crippen molar-refractivity contribution in [3.8, 4) is 51.7 Å². The number of pyridine rings is 2. The summed E-state index contributed by atoms with van der Waals surface area (Å²) in [6.45, 7) is 6.56. The number of rotatable bonds is 37. The normalized spacial score (nSPS) is 12.8. The van der Waals surface area contributed by atoms with E-state index in [0.29, 0.717) is 70.9 Å². The average Bonchev–Trinajstić information content (AvgIpc) is 1.26. The Labute approximate surface area is 581 Å². The van der Waals surface area contributed by atoms with Gasteiger partial charge in [0.05, 0.1) is 149 Å². The van der Waals surface area contributed by atoms with Crippen LogP contribution in [-0.4, -0.2) is 177 Å². The summed E-state index contributed by atoms with van der Waals surface area (Å²) in [6, 6.07) is 26.7. The number of amides is 6. The van der Waals surface area contributed by atoms with Gasteiger partial charge in [0.1, 0.15) is 11.1 Å². The minimum atomic E-state index is -4.70. The molecule has 1 atom stereocenters. The van der Waals surface area contributed by atoms with Crippen LogP contribution in [-0.2, 0) is 34.6 Å². The summed E-state index contributed by atoms with van der Waals surface area (Å²) in [6.07, 6.45) is -1.91. The van der Waals surface area contributed by atoms with Crippen LogP contribution in [0.2, 0.25) is 0 Å². The largest absolute Gasteiger partial charge is 0.416 e. The summed E-state index contributed by atoms with van der Waals surface area (Å²) in [7, 11) is 0. The summed E-state index contributed by atoms with van der Waals surface area (Å²) in [5.74, 6) is -3.39. The second-order valence-electron chi connectivity index (χ2n) is 22.7. The Bertz CT molecular complexity index is 4270. The molecule has 0 saturated carbocycles. The van der Waals surface area contributed by atoms with Crippen molar-refractivity contribution in [2.24, 2.45) is 5.92 Å². The van der Waals surface area contributed by atoms with Crippen LogP contribution < -0.4 is 43.0 Å². The number of nitrogens with zero attached hydrogens (tertiary/aromatic N) is 8. The number of alkyl halides is 6. The minimum absolute atomic E-state index is 0.00451. The van der Waals surface area contributed by atoms with Gasteiger partial charge in [-0.15, -0.1) is 0 Å². The van der Waals surface area contributed by atoms with Crippen molar-refractivity contribution in [2.75, 3.05) is 119 Å². The lowest BCUT2D eigenvalue weighted by molar-refractivity contribution is -0.160. The van der Waals surface area contributed by atoms with E-state index >= 15 is 0 Å². The van der Waals surface area contributed by atoms with Crippen molar-refractivity contribution >= 4 is 29.6 Å². The number of nitrogens with one attached hydrogen (secondary N) is 6. The summed E-state index contributed by atoms with van der Waals surface area (Å²) >= 11 is 0. The molecule has 1 unspecified atom stereocenters. The molecule has 4 heterocycles. The van der Waals surface area contributed by atoms with Gasteiger partial charge in [0.15, 0.2) is 0 Å². The number of hydrogen-bond donors (Lipinski definition) is 6. The van der Waals surface area contributed by atoms with Gasteiger partial charge in [-0.3, -0.25) is 28.3 Å². The molecule has 6 N–H and O–H groups in total. The van der Waals surface area contributed by atoms with Gasteiger partial charge in [-0.1, -0.05) is 18.2 Å². The summed E-state index contributed by atoms with van der Waals surface area (Å²) in [4.78, 5) is 79.6. The molecule has 4 aromatic heterocycles. The van der Waals surface area contributed by atoms with Gasteiger partial charge in [-0.2, -0.15) is 47.1 Å². The number of hydrogen-bond acceptors (Lipinski definition) is 16. The highest BCUT2D eigenvalue weighted by Crippen LogP contribution is 2.38. The van der Waals surface area contributed by atoms with Gasteiger partial charge >= 0.3 is 24.4 Å². The average molecular weight is 1420 g/mol. The van der Waals surface area contributed by atoms with Gasteiger partial charge in [0.25, 0.3) is 22.9 Å². The maximum absolute atomic E-state index is 14.0. The number of ether oxygens (including phenoxy) is 6. The van der Waals surface area contributed by atoms with E-state index < -0.39 is 53.2 Å². The summed E-state index contributed by atoms with van der Waals surface area (Å²) in [5.41, 5.74) is 0.718. The lowest BCUT2D eigenvalue weighted by Gasteiger charge is -2.25. The van der Waals surface area contributed by atoms with Crippen LogP contribution in [0, 0.1) is 42.4 Å². The van der Waals surface area contributed by atoms with E-state index in [1.54, 1.807) is 74.5 Å². The van der Waals surface area contributed by atoms with Gasteiger partial charge in [-0.25, -0.2) is 19.0 Å². The molecule has 7 aromatic rings. The predicted molar refractivity (Wildman–Crippen MR) is 361 cm³/mol. The first kappa shape index (κ1) is 77.0. The fourth-order valence-corrected chi connectivity index (χ4v) is 10.6. The Morgan fingerprint density at radius 2 is 0.912 bits per heavy atom. The number of urea groups is 2. The highest BCUT2D eigenvalue weighted by molar-refractivity contribution is 5.96. The van der Waals surface area contributed by atoms with Gasteiger partial charge in [0, 0.05) is 79.6 Å².